The van der Waals surface area contributed by atoms with Crippen LogP contribution in [-0.4, -0.2) is 26.2 Å². The Morgan fingerprint density at radius 2 is 1.61 bits per heavy atom. The Labute approximate surface area is 197 Å². The van der Waals surface area contributed by atoms with Gasteiger partial charge in [0.2, 0.25) is 5.95 Å². The van der Waals surface area contributed by atoms with Gasteiger partial charge in [-0.15, -0.1) is 0 Å². The maximum absolute atomic E-state index is 11.6. The van der Waals surface area contributed by atoms with E-state index in [-0.39, 0.29) is 11.1 Å². The molecule has 0 aliphatic rings. The zero-order valence-corrected chi connectivity index (χ0v) is 20.1. The summed E-state index contributed by atoms with van der Waals surface area (Å²) in [6.45, 7) is 4.22. The number of aryl methyl sites for hydroxylation is 2. The Balaban J connectivity index is 0.000000257. The van der Waals surface area contributed by atoms with E-state index in [4.69, 9.17) is 5.26 Å². The molecule has 2 aromatic heterocycles. The van der Waals surface area contributed by atoms with Crippen LogP contribution in [0.1, 0.15) is 56.5 Å². The van der Waals surface area contributed by atoms with Crippen molar-refractivity contribution in [1.29, 1.82) is 5.26 Å². The van der Waals surface area contributed by atoms with E-state index in [1.807, 2.05) is 12.3 Å². The number of aromatic nitrogens is 4. The zero-order valence-electron chi connectivity index (χ0n) is 19.3. The predicted octanol–water partition coefficient (Wildman–Crippen LogP) is 4.56. The number of thioether (sulfide) groups is 1. The third-order valence-electron chi connectivity index (χ3n) is 4.59. The number of unbranched alkanes of at least 4 members (excludes halogenated alkanes) is 2. The first-order chi connectivity index (χ1) is 16.0. The SMILES string of the molecule is CCCCc1cc(=O)[nH]c(Nc2cccc(C#N)c2)n1.CCCCc1cc(=O)[nH]c(SC)n1. The molecule has 3 aromatic rings. The maximum Gasteiger partial charge on any atom is 0.252 e. The second-order valence-electron chi connectivity index (χ2n) is 7.36. The molecule has 2 heterocycles. The van der Waals surface area contributed by atoms with E-state index in [1.165, 1.54) is 17.8 Å². The second-order valence-corrected chi connectivity index (χ2v) is 8.15. The fourth-order valence-corrected chi connectivity index (χ4v) is 3.33. The Bertz CT molecular complexity index is 1180. The second kappa shape index (κ2) is 13.9. The first kappa shape index (κ1) is 25.9. The van der Waals surface area contributed by atoms with E-state index < -0.39 is 0 Å². The van der Waals surface area contributed by atoms with Gasteiger partial charge >= 0.3 is 0 Å². The van der Waals surface area contributed by atoms with Crippen LogP contribution in [0.25, 0.3) is 0 Å². The fraction of sp³-hybridized carbons (Fsp3) is 0.375. The van der Waals surface area contributed by atoms with Crippen molar-refractivity contribution in [2.45, 2.75) is 57.5 Å². The fourth-order valence-electron chi connectivity index (χ4n) is 2.92. The quantitative estimate of drug-likeness (QED) is 0.311. The minimum atomic E-state index is -0.176. The Morgan fingerprint density at radius 1 is 0.970 bits per heavy atom. The summed E-state index contributed by atoms with van der Waals surface area (Å²) in [6, 6.07) is 12.2. The van der Waals surface area contributed by atoms with E-state index in [0.29, 0.717) is 16.7 Å². The van der Waals surface area contributed by atoms with Crippen LogP contribution in [0.2, 0.25) is 0 Å². The van der Waals surface area contributed by atoms with E-state index >= 15 is 0 Å². The number of hydrogen-bond donors (Lipinski definition) is 3. The largest absolute Gasteiger partial charge is 0.326 e. The van der Waals surface area contributed by atoms with Crippen LogP contribution in [0.4, 0.5) is 11.6 Å². The van der Waals surface area contributed by atoms with Crippen LogP contribution in [0, 0.1) is 11.3 Å². The highest BCUT2D eigenvalue weighted by molar-refractivity contribution is 7.98. The number of anilines is 2. The van der Waals surface area contributed by atoms with Crippen LogP contribution in [0.3, 0.4) is 0 Å². The molecule has 8 nitrogen and oxygen atoms in total. The topological polar surface area (TPSA) is 127 Å². The first-order valence-corrected chi connectivity index (χ1v) is 12.2. The Hall–Kier alpha value is -3.38. The number of H-pyrrole nitrogens is 2. The number of nitrogens with one attached hydrogen (secondary N) is 3. The summed E-state index contributed by atoms with van der Waals surface area (Å²) >= 11 is 1.46. The van der Waals surface area contributed by atoms with Crippen molar-refractivity contribution in [3.63, 3.8) is 0 Å². The Kier molecular flexibility index (Phi) is 10.9. The van der Waals surface area contributed by atoms with E-state index in [9.17, 15) is 9.59 Å². The number of benzene rings is 1. The van der Waals surface area contributed by atoms with Gasteiger partial charge in [-0.05, 0) is 50.1 Å². The van der Waals surface area contributed by atoms with Gasteiger partial charge in [-0.2, -0.15) is 5.26 Å². The first-order valence-electron chi connectivity index (χ1n) is 11.0. The van der Waals surface area contributed by atoms with Gasteiger partial charge in [-0.25, -0.2) is 9.97 Å². The minimum Gasteiger partial charge on any atom is -0.326 e. The molecular weight excluding hydrogens is 436 g/mol. The molecule has 3 N–H and O–H groups in total. The Morgan fingerprint density at radius 3 is 2.21 bits per heavy atom. The minimum absolute atomic E-state index is 0.0505. The third kappa shape index (κ3) is 9.33. The summed E-state index contributed by atoms with van der Waals surface area (Å²) in [6.07, 6.45) is 7.86. The molecule has 0 spiro atoms. The molecule has 33 heavy (non-hydrogen) atoms. The standard InChI is InChI=1S/C15H16N4O.C9H14N2OS/c1-2-3-6-13-9-14(20)19-15(18-13)17-12-7-4-5-11(8-12)10-16;1-3-4-5-7-6-8(12)11-9(10-7)13-2/h4-5,7-9H,2-3,6H2,1H3,(H2,17,18,19,20);6H,3-5H2,1-2H3,(H,10,11,12). The van der Waals surface area contributed by atoms with Crippen LogP contribution in [0.15, 0.2) is 51.1 Å². The van der Waals surface area contributed by atoms with Crippen molar-refractivity contribution in [3.05, 3.63) is 74.1 Å². The maximum atomic E-state index is 11.6. The molecule has 0 aliphatic carbocycles. The molecule has 0 bridgehead atoms. The molecule has 0 unspecified atom stereocenters. The highest BCUT2D eigenvalue weighted by Gasteiger charge is 2.03. The van der Waals surface area contributed by atoms with Crippen molar-refractivity contribution in [2.24, 2.45) is 0 Å². The molecule has 3 rings (SSSR count). The number of hydrogen-bond acceptors (Lipinski definition) is 7. The molecule has 9 heteroatoms. The highest BCUT2D eigenvalue weighted by atomic mass is 32.2. The zero-order chi connectivity index (χ0) is 24.1. The molecular formula is C24H30N6O2S. The summed E-state index contributed by atoms with van der Waals surface area (Å²) in [5.74, 6) is 0.402. The molecule has 0 fully saturated rings. The van der Waals surface area contributed by atoms with Gasteiger partial charge < -0.3 is 10.3 Å². The summed E-state index contributed by atoms with van der Waals surface area (Å²) in [4.78, 5) is 36.7. The van der Waals surface area contributed by atoms with Crippen molar-refractivity contribution in [2.75, 3.05) is 11.6 Å². The summed E-state index contributed by atoms with van der Waals surface area (Å²) in [5, 5.41) is 12.6. The summed E-state index contributed by atoms with van der Waals surface area (Å²) < 4.78 is 0. The normalized spacial score (nSPS) is 10.1. The van der Waals surface area contributed by atoms with Gasteiger partial charge in [0.1, 0.15) is 0 Å². The van der Waals surface area contributed by atoms with Crippen molar-refractivity contribution < 1.29 is 0 Å². The number of rotatable bonds is 9. The van der Waals surface area contributed by atoms with Crippen molar-refractivity contribution >= 4 is 23.4 Å². The third-order valence-corrected chi connectivity index (χ3v) is 5.17. The molecule has 1 aromatic carbocycles. The van der Waals surface area contributed by atoms with Gasteiger partial charge in [0.05, 0.1) is 11.6 Å². The lowest BCUT2D eigenvalue weighted by atomic mass is 10.2. The summed E-state index contributed by atoms with van der Waals surface area (Å²) in [7, 11) is 0. The monoisotopic (exact) mass is 466 g/mol. The molecule has 0 radical (unpaired) electrons. The lowest BCUT2D eigenvalue weighted by Crippen LogP contribution is -2.12. The summed E-state index contributed by atoms with van der Waals surface area (Å²) in [5.41, 5.74) is 2.72. The van der Waals surface area contributed by atoms with Crippen LogP contribution < -0.4 is 16.4 Å². The van der Waals surface area contributed by atoms with Gasteiger partial charge in [0, 0.05) is 29.2 Å². The van der Waals surface area contributed by atoms with E-state index in [2.05, 4.69) is 45.2 Å². The lowest BCUT2D eigenvalue weighted by molar-refractivity contribution is 0.752. The van der Waals surface area contributed by atoms with Gasteiger partial charge in [0.25, 0.3) is 11.1 Å². The lowest BCUT2D eigenvalue weighted by Gasteiger charge is -2.07. The molecule has 0 saturated carbocycles. The molecule has 0 saturated heterocycles. The van der Waals surface area contributed by atoms with E-state index in [0.717, 1.165) is 55.6 Å². The smallest absolute Gasteiger partial charge is 0.252 e. The highest BCUT2D eigenvalue weighted by Crippen LogP contribution is 2.14. The average molecular weight is 467 g/mol. The average Bonchev–Trinajstić information content (AvgIpc) is 2.81. The molecule has 0 aliphatic heterocycles. The number of nitriles is 1. The van der Waals surface area contributed by atoms with Crippen LogP contribution >= 0.6 is 11.8 Å². The van der Waals surface area contributed by atoms with Gasteiger partial charge in [-0.1, -0.05) is 44.5 Å². The van der Waals surface area contributed by atoms with Crippen molar-refractivity contribution in [1.82, 2.24) is 19.9 Å². The van der Waals surface area contributed by atoms with E-state index in [1.54, 1.807) is 24.3 Å². The molecule has 174 valence electrons. The van der Waals surface area contributed by atoms with Crippen LogP contribution in [0.5, 0.6) is 0 Å². The molecule has 0 amide bonds. The number of aromatic amines is 2. The van der Waals surface area contributed by atoms with Gasteiger partial charge in [-0.3, -0.25) is 14.6 Å². The van der Waals surface area contributed by atoms with Crippen molar-refractivity contribution in [3.8, 4) is 6.07 Å². The number of nitrogens with zero attached hydrogens (tertiary/aromatic N) is 3. The predicted molar refractivity (Wildman–Crippen MR) is 133 cm³/mol. The molecule has 0 atom stereocenters. The van der Waals surface area contributed by atoms with Crippen LogP contribution in [-0.2, 0) is 12.8 Å². The van der Waals surface area contributed by atoms with Gasteiger partial charge in [0.15, 0.2) is 5.16 Å².